The predicted octanol–water partition coefficient (Wildman–Crippen LogP) is 4.16. The summed E-state index contributed by atoms with van der Waals surface area (Å²) < 4.78 is 0. The lowest BCUT2D eigenvalue weighted by Gasteiger charge is -2.63. The van der Waals surface area contributed by atoms with Gasteiger partial charge in [0.25, 0.3) is 0 Å². The maximum absolute atomic E-state index is 12.0. The lowest BCUT2D eigenvalue weighted by Crippen LogP contribution is -2.59. The van der Waals surface area contributed by atoms with Crippen molar-refractivity contribution in [2.24, 2.45) is 28.1 Å². The van der Waals surface area contributed by atoms with Gasteiger partial charge in [0.1, 0.15) is 0 Å². The van der Waals surface area contributed by atoms with Gasteiger partial charge in [-0.2, -0.15) is 0 Å². The molecule has 3 heteroatoms. The van der Waals surface area contributed by atoms with E-state index in [9.17, 15) is 15.0 Å². The van der Waals surface area contributed by atoms with Crippen LogP contribution in [-0.2, 0) is 4.79 Å². The third-order valence-electron chi connectivity index (χ3n) is 8.65. The van der Waals surface area contributed by atoms with E-state index in [2.05, 4.69) is 13.5 Å². The molecule has 4 aliphatic rings. The highest BCUT2D eigenvalue weighted by molar-refractivity contribution is 5.75. The molecule has 0 saturated heterocycles. The van der Waals surface area contributed by atoms with Crippen LogP contribution in [0.3, 0.4) is 0 Å². The van der Waals surface area contributed by atoms with E-state index in [1.54, 1.807) is 0 Å². The Morgan fingerprint density at radius 3 is 2.52 bits per heavy atom. The molecule has 4 aliphatic carbocycles. The summed E-state index contributed by atoms with van der Waals surface area (Å²) in [6.07, 6.45) is 8.75. The molecule has 0 aromatic carbocycles. The van der Waals surface area contributed by atoms with Crippen molar-refractivity contribution in [3.8, 4) is 0 Å². The molecule has 23 heavy (non-hydrogen) atoms. The first-order chi connectivity index (χ1) is 10.7. The molecule has 0 heterocycles. The van der Waals surface area contributed by atoms with Gasteiger partial charge in [-0.05, 0) is 86.5 Å². The second-order valence-corrected chi connectivity index (χ2v) is 9.62. The molecule has 4 fully saturated rings. The summed E-state index contributed by atoms with van der Waals surface area (Å²) in [7, 11) is 0. The first-order valence-corrected chi connectivity index (χ1v) is 9.30. The molecule has 2 bridgehead atoms. The van der Waals surface area contributed by atoms with Gasteiger partial charge in [0.05, 0.1) is 11.0 Å². The van der Waals surface area contributed by atoms with Gasteiger partial charge in [0, 0.05) is 0 Å². The van der Waals surface area contributed by atoms with Crippen molar-refractivity contribution < 1.29 is 15.0 Å². The molecule has 4 rings (SSSR count). The molecular formula is C20H30O3. The molecular weight excluding hydrogens is 288 g/mol. The first kappa shape index (κ1) is 15.7. The number of hydrogen-bond donors (Lipinski definition) is 2. The van der Waals surface area contributed by atoms with E-state index in [-0.39, 0.29) is 16.7 Å². The first-order valence-electron chi connectivity index (χ1n) is 9.30. The number of rotatable bonds is 1. The number of hydrogen-bond acceptors (Lipinski definition) is 2. The van der Waals surface area contributed by atoms with E-state index in [1.807, 2.05) is 6.92 Å². The van der Waals surface area contributed by atoms with Crippen LogP contribution in [0.15, 0.2) is 12.2 Å². The van der Waals surface area contributed by atoms with Crippen LogP contribution >= 0.6 is 0 Å². The van der Waals surface area contributed by atoms with Crippen molar-refractivity contribution in [2.75, 3.05) is 0 Å². The summed E-state index contributed by atoms with van der Waals surface area (Å²) in [5.74, 6) is 0.219. The van der Waals surface area contributed by atoms with E-state index in [1.165, 1.54) is 0 Å². The van der Waals surface area contributed by atoms with Crippen LogP contribution in [0.2, 0.25) is 0 Å². The van der Waals surface area contributed by atoms with Gasteiger partial charge in [0.2, 0.25) is 0 Å². The van der Waals surface area contributed by atoms with Crippen molar-refractivity contribution >= 4 is 5.97 Å². The minimum Gasteiger partial charge on any atom is -0.481 e. The Morgan fingerprint density at radius 1 is 1.13 bits per heavy atom. The second kappa shape index (κ2) is 4.41. The maximum Gasteiger partial charge on any atom is 0.309 e. The maximum atomic E-state index is 12.0. The molecule has 0 aliphatic heterocycles. The minimum absolute atomic E-state index is 0.107. The van der Waals surface area contributed by atoms with Crippen molar-refractivity contribution in [3.63, 3.8) is 0 Å². The summed E-state index contributed by atoms with van der Waals surface area (Å²) >= 11 is 0. The smallest absolute Gasteiger partial charge is 0.309 e. The van der Waals surface area contributed by atoms with Crippen molar-refractivity contribution in [2.45, 2.75) is 77.2 Å². The monoisotopic (exact) mass is 318 g/mol. The highest BCUT2D eigenvalue weighted by Gasteiger charge is 2.67. The lowest BCUT2D eigenvalue weighted by molar-refractivity contribution is -0.186. The Balaban J connectivity index is 1.76. The fourth-order valence-corrected chi connectivity index (χ4v) is 7.61. The summed E-state index contributed by atoms with van der Waals surface area (Å²) in [4.78, 5) is 12.0. The third-order valence-corrected chi connectivity index (χ3v) is 8.65. The zero-order valence-corrected chi connectivity index (χ0v) is 14.5. The molecule has 0 amide bonds. The van der Waals surface area contributed by atoms with Gasteiger partial charge in [-0.25, -0.2) is 0 Å². The standard InChI is InChI=1S/C20H30O3/c1-13-11-19-9-5-14-17(2,7-4-8-18(14,3)16(21)22)15(19)6-10-20(13,23)12-19/h14-15,23H,1,4-12H2,2-3H3,(H,21,22)/t14-,15-,17+,18+,19+,20+/m1/s1. The highest BCUT2D eigenvalue weighted by atomic mass is 16.4. The highest BCUT2D eigenvalue weighted by Crippen LogP contribution is 2.72. The Kier molecular flexibility index (Phi) is 3.01. The number of carboxylic acids is 1. The zero-order valence-electron chi connectivity index (χ0n) is 14.5. The van der Waals surface area contributed by atoms with Gasteiger partial charge in [-0.1, -0.05) is 19.9 Å². The third kappa shape index (κ3) is 1.78. The normalized spacial score (nSPS) is 55.2. The molecule has 0 unspecified atom stereocenters. The average Bonchev–Trinajstić information content (AvgIpc) is 2.63. The number of aliphatic hydroxyl groups is 1. The Bertz CT molecular complexity index is 583. The largest absolute Gasteiger partial charge is 0.481 e. The number of carboxylic acid groups (broad SMARTS) is 1. The van der Waals surface area contributed by atoms with Crippen LogP contribution in [0.25, 0.3) is 0 Å². The Hall–Kier alpha value is -0.830. The second-order valence-electron chi connectivity index (χ2n) is 9.62. The Morgan fingerprint density at radius 2 is 1.83 bits per heavy atom. The van der Waals surface area contributed by atoms with Gasteiger partial charge < -0.3 is 10.2 Å². The van der Waals surface area contributed by atoms with Crippen LogP contribution in [0.5, 0.6) is 0 Å². The number of carbonyl (C=O) groups is 1. The molecule has 0 radical (unpaired) electrons. The van der Waals surface area contributed by atoms with Crippen molar-refractivity contribution in [1.82, 2.24) is 0 Å². The molecule has 0 aromatic rings. The van der Waals surface area contributed by atoms with Crippen LogP contribution in [0, 0.1) is 28.1 Å². The number of fused-ring (bicyclic) bond motifs is 3. The van der Waals surface area contributed by atoms with Crippen LogP contribution in [-0.4, -0.2) is 21.8 Å². The lowest BCUT2D eigenvalue weighted by atomic mass is 9.41. The van der Waals surface area contributed by atoms with Gasteiger partial charge >= 0.3 is 5.97 Å². The SMILES string of the molecule is C=C1C[C@]23CC[C@@H]4[C@](C)(CCC[C@]4(C)C(=O)O)[C@H]2CC[C@]1(O)C3. The van der Waals surface area contributed by atoms with Crippen LogP contribution < -0.4 is 0 Å². The molecule has 2 N–H and O–H groups in total. The van der Waals surface area contributed by atoms with E-state index in [0.29, 0.717) is 5.92 Å². The fraction of sp³-hybridized carbons (Fsp3) is 0.850. The molecule has 3 nitrogen and oxygen atoms in total. The summed E-state index contributed by atoms with van der Waals surface area (Å²) in [6, 6.07) is 0. The van der Waals surface area contributed by atoms with Gasteiger partial charge in [-0.3, -0.25) is 4.79 Å². The van der Waals surface area contributed by atoms with Crippen LogP contribution in [0.1, 0.15) is 71.6 Å². The zero-order chi connectivity index (χ0) is 16.7. The molecule has 1 spiro atoms. The van der Waals surface area contributed by atoms with Crippen molar-refractivity contribution in [1.29, 1.82) is 0 Å². The topological polar surface area (TPSA) is 57.5 Å². The summed E-state index contributed by atoms with van der Waals surface area (Å²) in [5.41, 5.74) is 0.128. The van der Waals surface area contributed by atoms with E-state index >= 15 is 0 Å². The fourth-order valence-electron chi connectivity index (χ4n) is 7.61. The van der Waals surface area contributed by atoms with Crippen molar-refractivity contribution in [3.05, 3.63) is 12.2 Å². The number of aliphatic carboxylic acids is 1. The van der Waals surface area contributed by atoms with Crippen LogP contribution in [0.4, 0.5) is 0 Å². The minimum atomic E-state index is -0.634. The average molecular weight is 318 g/mol. The van der Waals surface area contributed by atoms with E-state index in [4.69, 9.17) is 0 Å². The molecule has 6 atom stereocenters. The summed E-state index contributed by atoms with van der Waals surface area (Å²) in [5, 5.41) is 20.8. The van der Waals surface area contributed by atoms with Gasteiger partial charge in [0.15, 0.2) is 0 Å². The molecule has 4 saturated carbocycles. The Labute approximate surface area is 139 Å². The van der Waals surface area contributed by atoms with Gasteiger partial charge in [-0.15, -0.1) is 0 Å². The van der Waals surface area contributed by atoms with E-state index in [0.717, 1.165) is 63.4 Å². The predicted molar refractivity (Wildman–Crippen MR) is 88.9 cm³/mol. The quantitative estimate of drug-likeness (QED) is 0.714. The molecule has 0 aromatic heterocycles. The molecule has 128 valence electrons. The summed E-state index contributed by atoms with van der Waals surface area (Å²) in [6.45, 7) is 8.55. The van der Waals surface area contributed by atoms with E-state index < -0.39 is 17.0 Å².